The lowest BCUT2D eigenvalue weighted by atomic mass is 9.95. The maximum absolute atomic E-state index is 12.7. The van der Waals surface area contributed by atoms with Gasteiger partial charge in [0.2, 0.25) is 5.91 Å². The number of nitrogens with zero attached hydrogens (tertiary/aromatic N) is 1. The molecule has 1 heterocycles. The standard InChI is InChI=1S/C19H27NO3S/c1-2-24(22,23)17-11-9-15(10-12-17)14-19(21)20-13-5-8-18(20)16-6-3-4-7-16/h9-12,16,18H,2-8,13-14H2,1H3. The van der Waals surface area contributed by atoms with E-state index in [0.29, 0.717) is 23.3 Å². The molecule has 2 fully saturated rings. The second kappa shape index (κ2) is 7.26. The van der Waals surface area contributed by atoms with Gasteiger partial charge in [0.05, 0.1) is 17.1 Å². The highest BCUT2D eigenvalue weighted by atomic mass is 32.2. The van der Waals surface area contributed by atoms with Crippen LogP contribution >= 0.6 is 0 Å². The molecular formula is C19H27NO3S. The molecule has 1 aliphatic carbocycles. The number of sulfone groups is 1. The van der Waals surface area contributed by atoms with Gasteiger partial charge in [0.1, 0.15) is 0 Å². The first-order valence-electron chi connectivity index (χ1n) is 9.12. The highest BCUT2D eigenvalue weighted by molar-refractivity contribution is 7.91. The molecule has 1 unspecified atom stereocenters. The van der Waals surface area contributed by atoms with Crippen molar-refractivity contribution < 1.29 is 13.2 Å². The summed E-state index contributed by atoms with van der Waals surface area (Å²) >= 11 is 0. The molecule has 4 nitrogen and oxygen atoms in total. The fraction of sp³-hybridized carbons (Fsp3) is 0.632. The van der Waals surface area contributed by atoms with Gasteiger partial charge in [-0.15, -0.1) is 0 Å². The van der Waals surface area contributed by atoms with E-state index in [4.69, 9.17) is 0 Å². The zero-order valence-corrected chi connectivity index (χ0v) is 15.2. The Hall–Kier alpha value is -1.36. The van der Waals surface area contributed by atoms with Crippen LogP contribution in [-0.2, 0) is 21.1 Å². The molecule has 0 spiro atoms. The first kappa shape index (κ1) is 17.5. The third-order valence-corrected chi connectivity index (χ3v) is 7.33. The average Bonchev–Trinajstić information content (AvgIpc) is 3.26. The van der Waals surface area contributed by atoms with Crippen molar-refractivity contribution in [3.63, 3.8) is 0 Å². The van der Waals surface area contributed by atoms with Crippen LogP contribution in [0.5, 0.6) is 0 Å². The van der Waals surface area contributed by atoms with E-state index < -0.39 is 9.84 Å². The van der Waals surface area contributed by atoms with Crippen molar-refractivity contribution >= 4 is 15.7 Å². The van der Waals surface area contributed by atoms with Crippen molar-refractivity contribution in [2.45, 2.75) is 62.8 Å². The second-order valence-corrected chi connectivity index (χ2v) is 9.34. The molecule has 1 aromatic carbocycles. The van der Waals surface area contributed by atoms with Crippen LogP contribution in [-0.4, -0.2) is 37.6 Å². The zero-order valence-electron chi connectivity index (χ0n) is 14.4. The van der Waals surface area contributed by atoms with E-state index in [1.165, 1.54) is 25.7 Å². The van der Waals surface area contributed by atoms with E-state index in [1.807, 2.05) is 0 Å². The van der Waals surface area contributed by atoms with Crippen molar-refractivity contribution in [3.8, 4) is 0 Å². The van der Waals surface area contributed by atoms with Crippen LogP contribution < -0.4 is 0 Å². The first-order chi connectivity index (χ1) is 11.5. The van der Waals surface area contributed by atoms with Crippen molar-refractivity contribution in [2.24, 2.45) is 5.92 Å². The Labute approximate surface area is 145 Å². The molecule has 1 atom stereocenters. The third-order valence-electron chi connectivity index (χ3n) is 5.58. The Morgan fingerprint density at radius 3 is 2.38 bits per heavy atom. The summed E-state index contributed by atoms with van der Waals surface area (Å²) in [5, 5.41) is 0. The van der Waals surface area contributed by atoms with E-state index in [-0.39, 0.29) is 11.7 Å². The molecule has 5 heteroatoms. The summed E-state index contributed by atoms with van der Waals surface area (Å²) in [7, 11) is -3.17. The summed E-state index contributed by atoms with van der Waals surface area (Å²) in [4.78, 5) is 15.2. The third kappa shape index (κ3) is 3.66. The molecule has 0 aromatic heterocycles. The smallest absolute Gasteiger partial charge is 0.227 e. The largest absolute Gasteiger partial charge is 0.339 e. The molecule has 132 valence electrons. The SMILES string of the molecule is CCS(=O)(=O)c1ccc(CC(=O)N2CCCC2C2CCCC2)cc1. The van der Waals surface area contributed by atoms with E-state index in [1.54, 1.807) is 31.2 Å². The fourth-order valence-corrected chi connectivity index (χ4v) is 5.08. The van der Waals surface area contributed by atoms with Crippen molar-refractivity contribution in [3.05, 3.63) is 29.8 Å². The Morgan fingerprint density at radius 2 is 1.75 bits per heavy atom. The van der Waals surface area contributed by atoms with Gasteiger partial charge in [-0.1, -0.05) is 31.9 Å². The first-order valence-corrected chi connectivity index (χ1v) is 10.8. The van der Waals surface area contributed by atoms with E-state index >= 15 is 0 Å². The normalized spacial score (nSPS) is 22.2. The lowest BCUT2D eigenvalue weighted by Gasteiger charge is -2.29. The van der Waals surface area contributed by atoms with Gasteiger partial charge >= 0.3 is 0 Å². The minimum atomic E-state index is -3.17. The lowest BCUT2D eigenvalue weighted by molar-refractivity contribution is -0.132. The molecule has 1 amide bonds. The minimum Gasteiger partial charge on any atom is -0.339 e. The highest BCUT2D eigenvalue weighted by Crippen LogP contribution is 2.35. The van der Waals surface area contributed by atoms with E-state index in [9.17, 15) is 13.2 Å². The monoisotopic (exact) mass is 349 g/mol. The van der Waals surface area contributed by atoms with Gasteiger partial charge in [0.15, 0.2) is 9.84 Å². The van der Waals surface area contributed by atoms with Gasteiger partial charge in [0, 0.05) is 12.6 Å². The lowest BCUT2D eigenvalue weighted by Crippen LogP contribution is -2.40. The average molecular weight is 349 g/mol. The van der Waals surface area contributed by atoms with E-state index in [2.05, 4.69) is 4.90 Å². The quantitative estimate of drug-likeness (QED) is 0.820. The molecule has 1 saturated heterocycles. The summed E-state index contributed by atoms with van der Waals surface area (Å²) in [6.07, 6.45) is 7.75. The number of hydrogen-bond acceptors (Lipinski definition) is 3. The summed E-state index contributed by atoms with van der Waals surface area (Å²) in [5.41, 5.74) is 0.895. The van der Waals surface area contributed by atoms with E-state index in [0.717, 1.165) is 24.9 Å². The molecule has 1 saturated carbocycles. The number of likely N-dealkylation sites (tertiary alicyclic amines) is 1. The number of amides is 1. The molecule has 0 bridgehead atoms. The molecule has 3 rings (SSSR count). The van der Waals surface area contributed by atoms with Crippen molar-refractivity contribution in [2.75, 3.05) is 12.3 Å². The predicted molar refractivity (Wildman–Crippen MR) is 94.6 cm³/mol. The van der Waals surface area contributed by atoms with Crippen LogP contribution in [0.2, 0.25) is 0 Å². The summed E-state index contributed by atoms with van der Waals surface area (Å²) in [6, 6.07) is 7.24. The molecule has 1 aliphatic heterocycles. The Kier molecular flexibility index (Phi) is 5.28. The van der Waals surface area contributed by atoms with Gasteiger partial charge in [-0.2, -0.15) is 0 Å². The van der Waals surface area contributed by atoms with Gasteiger partial charge in [-0.05, 0) is 49.3 Å². The summed E-state index contributed by atoms with van der Waals surface area (Å²) in [5.74, 6) is 0.978. The van der Waals surface area contributed by atoms with Gasteiger partial charge in [-0.25, -0.2) is 8.42 Å². The summed E-state index contributed by atoms with van der Waals surface area (Å²) < 4.78 is 23.7. The van der Waals surface area contributed by atoms with Crippen LogP contribution in [0.3, 0.4) is 0 Å². The highest BCUT2D eigenvalue weighted by Gasteiger charge is 2.35. The summed E-state index contributed by atoms with van der Waals surface area (Å²) in [6.45, 7) is 2.52. The fourth-order valence-electron chi connectivity index (χ4n) is 4.19. The number of rotatable bonds is 5. The van der Waals surface area contributed by atoms with Crippen LogP contribution in [0.1, 0.15) is 51.0 Å². The molecule has 0 N–H and O–H groups in total. The van der Waals surface area contributed by atoms with Crippen molar-refractivity contribution in [1.82, 2.24) is 4.90 Å². The van der Waals surface area contributed by atoms with Crippen LogP contribution in [0.15, 0.2) is 29.2 Å². The molecule has 1 aromatic rings. The Morgan fingerprint density at radius 1 is 1.08 bits per heavy atom. The Balaban J connectivity index is 1.66. The van der Waals surface area contributed by atoms with Gasteiger partial charge in [-0.3, -0.25) is 4.79 Å². The number of hydrogen-bond donors (Lipinski definition) is 0. The van der Waals surface area contributed by atoms with Gasteiger partial charge < -0.3 is 4.90 Å². The second-order valence-electron chi connectivity index (χ2n) is 7.07. The van der Waals surface area contributed by atoms with Gasteiger partial charge in [0.25, 0.3) is 0 Å². The molecule has 0 radical (unpaired) electrons. The minimum absolute atomic E-state index is 0.0993. The number of carbonyl (C=O) groups is 1. The predicted octanol–water partition coefficient (Wildman–Crippen LogP) is 3.20. The number of benzene rings is 1. The number of carbonyl (C=O) groups excluding carboxylic acids is 1. The van der Waals surface area contributed by atoms with Crippen LogP contribution in [0.25, 0.3) is 0 Å². The van der Waals surface area contributed by atoms with Crippen LogP contribution in [0, 0.1) is 5.92 Å². The van der Waals surface area contributed by atoms with Crippen molar-refractivity contribution in [1.29, 1.82) is 0 Å². The molecule has 2 aliphatic rings. The zero-order chi connectivity index (χ0) is 17.2. The topological polar surface area (TPSA) is 54.5 Å². The molecular weight excluding hydrogens is 322 g/mol. The maximum Gasteiger partial charge on any atom is 0.227 e. The Bertz CT molecular complexity index is 675. The van der Waals surface area contributed by atoms with Crippen LogP contribution in [0.4, 0.5) is 0 Å². The maximum atomic E-state index is 12.7. The molecule has 24 heavy (non-hydrogen) atoms.